The van der Waals surface area contributed by atoms with Crippen molar-refractivity contribution in [2.45, 2.75) is 69.7 Å². The molecule has 4 rings (SSSR count). The van der Waals surface area contributed by atoms with Gasteiger partial charge in [0, 0.05) is 13.5 Å². The molecule has 0 saturated carbocycles. The van der Waals surface area contributed by atoms with E-state index in [9.17, 15) is 14.4 Å². The minimum Gasteiger partial charge on any atom is -0.497 e. The lowest BCUT2D eigenvalue weighted by Gasteiger charge is -2.45. The van der Waals surface area contributed by atoms with E-state index in [0.29, 0.717) is 25.9 Å². The molecule has 2 heterocycles. The second-order valence-electron chi connectivity index (χ2n) is 10.5. The van der Waals surface area contributed by atoms with Gasteiger partial charge in [-0.25, -0.2) is 9.69 Å². The fourth-order valence-electron chi connectivity index (χ4n) is 5.42. The van der Waals surface area contributed by atoms with Gasteiger partial charge in [0.15, 0.2) is 5.79 Å². The van der Waals surface area contributed by atoms with E-state index in [1.807, 2.05) is 54.6 Å². The van der Waals surface area contributed by atoms with Gasteiger partial charge < -0.3 is 23.7 Å². The summed E-state index contributed by atoms with van der Waals surface area (Å²) in [5.74, 6) is -2.40. The third-order valence-electron chi connectivity index (χ3n) is 7.80. The molecule has 0 spiro atoms. The summed E-state index contributed by atoms with van der Waals surface area (Å²) in [5, 5.41) is 0. The van der Waals surface area contributed by atoms with Crippen molar-refractivity contribution in [3.8, 4) is 5.75 Å². The molecule has 9 heteroatoms. The van der Waals surface area contributed by atoms with E-state index in [2.05, 4.69) is 6.58 Å². The van der Waals surface area contributed by atoms with E-state index >= 15 is 0 Å². The van der Waals surface area contributed by atoms with Gasteiger partial charge in [-0.2, -0.15) is 0 Å². The Hall–Kier alpha value is -3.53. The molecule has 2 aliphatic rings. The van der Waals surface area contributed by atoms with Crippen molar-refractivity contribution in [1.29, 1.82) is 0 Å². The van der Waals surface area contributed by atoms with Crippen LogP contribution < -0.4 is 4.74 Å². The second-order valence-corrected chi connectivity index (χ2v) is 10.5. The van der Waals surface area contributed by atoms with Crippen LogP contribution >= 0.6 is 0 Å². The molecule has 2 aromatic carbocycles. The van der Waals surface area contributed by atoms with E-state index in [4.69, 9.17) is 23.7 Å². The summed E-state index contributed by atoms with van der Waals surface area (Å²) >= 11 is 0. The monoisotopic (exact) mass is 565 g/mol. The topological polar surface area (TPSA) is 101 Å². The number of carbonyl (C=O) groups excluding carboxylic acids is 3. The lowest BCUT2D eigenvalue weighted by Crippen LogP contribution is -2.58. The van der Waals surface area contributed by atoms with Crippen LogP contribution in [0.15, 0.2) is 67.3 Å². The summed E-state index contributed by atoms with van der Waals surface area (Å²) in [4.78, 5) is 40.8. The van der Waals surface area contributed by atoms with Crippen molar-refractivity contribution in [3.05, 3.63) is 78.4 Å². The van der Waals surface area contributed by atoms with E-state index in [1.54, 1.807) is 20.1 Å². The number of benzene rings is 2. The lowest BCUT2D eigenvalue weighted by atomic mass is 9.87. The first-order valence-electron chi connectivity index (χ1n) is 13.9. The highest BCUT2D eigenvalue weighted by molar-refractivity contribution is 5.95. The largest absolute Gasteiger partial charge is 0.497 e. The molecule has 0 aromatic heterocycles. The third-order valence-corrected chi connectivity index (χ3v) is 7.80. The summed E-state index contributed by atoms with van der Waals surface area (Å²) < 4.78 is 29.1. The zero-order valence-corrected chi connectivity index (χ0v) is 24.0. The molecule has 0 radical (unpaired) electrons. The van der Waals surface area contributed by atoms with Gasteiger partial charge in [0.2, 0.25) is 5.91 Å². The van der Waals surface area contributed by atoms with Gasteiger partial charge in [-0.15, -0.1) is 6.58 Å². The number of hydrogen-bond donors (Lipinski definition) is 0. The van der Waals surface area contributed by atoms with Crippen LogP contribution in [0.5, 0.6) is 5.75 Å². The second kappa shape index (κ2) is 13.9. The number of amides is 2. The number of rotatable bonds is 13. The zero-order chi connectivity index (χ0) is 29.4. The minimum absolute atomic E-state index is 0.0947. The average molecular weight is 566 g/mol. The maximum Gasteiger partial charge on any atom is 0.416 e. The molecule has 2 saturated heterocycles. The summed E-state index contributed by atoms with van der Waals surface area (Å²) in [6, 6.07) is 16.7. The van der Waals surface area contributed by atoms with Gasteiger partial charge >= 0.3 is 6.09 Å². The van der Waals surface area contributed by atoms with E-state index in [-0.39, 0.29) is 25.2 Å². The maximum absolute atomic E-state index is 13.8. The van der Waals surface area contributed by atoms with Crippen LogP contribution in [-0.4, -0.2) is 67.5 Å². The standard InChI is InChI=1S/C32H39NO8/c1-5-6-12-28(39-20-24-13-15-27(37-3)16-14-24)29-18-26(34)19-32(38-4,41-29)22(2)30(35)33-25(21-40-31(33)36)17-23-10-8-7-9-11-23/h5,7-11,13-16,22,25,28-29H,1,6,12,17-21H2,2-4H3/t22-,25+,28-,29-,32+/m1/s1. The molecule has 2 aromatic rings. The van der Waals surface area contributed by atoms with Gasteiger partial charge in [0.05, 0.1) is 44.3 Å². The predicted octanol–water partition coefficient (Wildman–Crippen LogP) is 4.86. The SMILES string of the molecule is C=CCC[C@@H](OCc1ccc(OC)cc1)[C@H]1CC(=O)C[C@@](OC)([C@H](C)C(=O)N2C(=O)OC[C@@H]2Cc2ccccc2)O1. The number of hydrogen-bond acceptors (Lipinski definition) is 8. The Morgan fingerprint density at radius 1 is 1.12 bits per heavy atom. The molecule has 2 amide bonds. The predicted molar refractivity (Wildman–Crippen MR) is 151 cm³/mol. The molecular weight excluding hydrogens is 526 g/mol. The molecule has 0 bridgehead atoms. The van der Waals surface area contributed by atoms with Gasteiger partial charge in [-0.05, 0) is 49.4 Å². The maximum atomic E-state index is 13.8. The first-order chi connectivity index (χ1) is 19.8. The Morgan fingerprint density at radius 3 is 2.51 bits per heavy atom. The Morgan fingerprint density at radius 2 is 1.85 bits per heavy atom. The van der Waals surface area contributed by atoms with Crippen molar-refractivity contribution in [1.82, 2.24) is 4.90 Å². The van der Waals surface area contributed by atoms with Crippen LogP contribution in [0.25, 0.3) is 0 Å². The Balaban J connectivity index is 1.51. The molecule has 9 nitrogen and oxygen atoms in total. The molecule has 2 aliphatic heterocycles. The van der Waals surface area contributed by atoms with E-state index < -0.39 is 42.0 Å². The van der Waals surface area contributed by atoms with Crippen LogP contribution in [0.1, 0.15) is 43.7 Å². The molecule has 0 aliphatic carbocycles. The lowest BCUT2D eigenvalue weighted by molar-refractivity contribution is -0.295. The fourth-order valence-corrected chi connectivity index (χ4v) is 5.42. The summed E-state index contributed by atoms with van der Waals surface area (Å²) in [6.07, 6.45) is 1.64. The van der Waals surface area contributed by atoms with E-state index in [1.165, 1.54) is 7.11 Å². The third kappa shape index (κ3) is 7.22. The molecule has 2 fully saturated rings. The van der Waals surface area contributed by atoms with Crippen LogP contribution in [-0.2, 0) is 41.6 Å². The van der Waals surface area contributed by atoms with Gasteiger partial charge in [0.25, 0.3) is 0 Å². The highest BCUT2D eigenvalue weighted by Crippen LogP contribution is 2.38. The first-order valence-corrected chi connectivity index (χ1v) is 13.9. The van der Waals surface area contributed by atoms with Gasteiger partial charge in [-0.3, -0.25) is 9.59 Å². The molecular formula is C32H39NO8. The number of ether oxygens (including phenoxy) is 5. The molecule has 0 N–H and O–H groups in total. The zero-order valence-electron chi connectivity index (χ0n) is 24.0. The number of Topliss-reactive ketones (excluding diaryl/α,β-unsaturated/α-hetero) is 1. The van der Waals surface area contributed by atoms with Crippen LogP contribution in [0.3, 0.4) is 0 Å². The normalized spacial score (nSPS) is 24.0. The summed E-state index contributed by atoms with van der Waals surface area (Å²) in [5.41, 5.74) is 1.92. The number of cyclic esters (lactones) is 1. The number of imide groups is 1. The van der Waals surface area contributed by atoms with Crippen molar-refractivity contribution < 1.29 is 38.1 Å². The fraction of sp³-hybridized carbons (Fsp3) is 0.469. The molecule has 220 valence electrons. The van der Waals surface area contributed by atoms with E-state index in [0.717, 1.165) is 21.8 Å². The Labute approximate surface area is 241 Å². The summed E-state index contributed by atoms with van der Waals surface area (Å²) in [7, 11) is 3.03. The number of nitrogens with zero attached hydrogens (tertiary/aromatic N) is 1. The smallest absolute Gasteiger partial charge is 0.416 e. The first kappa shape index (κ1) is 30.4. The van der Waals surface area contributed by atoms with Crippen LogP contribution in [0.4, 0.5) is 4.79 Å². The van der Waals surface area contributed by atoms with Gasteiger partial charge in [-0.1, -0.05) is 48.5 Å². The van der Waals surface area contributed by atoms with Crippen LogP contribution in [0, 0.1) is 5.92 Å². The molecule has 0 unspecified atom stereocenters. The number of carbonyl (C=O) groups is 3. The quantitative estimate of drug-likeness (QED) is 0.318. The number of methoxy groups -OCH3 is 2. The number of allylic oxidation sites excluding steroid dienone is 1. The minimum atomic E-state index is -1.56. The van der Waals surface area contributed by atoms with Crippen LogP contribution in [0.2, 0.25) is 0 Å². The van der Waals surface area contributed by atoms with Crippen molar-refractivity contribution in [3.63, 3.8) is 0 Å². The van der Waals surface area contributed by atoms with Crippen molar-refractivity contribution in [2.24, 2.45) is 5.92 Å². The number of ketones is 1. The highest BCUT2D eigenvalue weighted by Gasteiger charge is 2.53. The van der Waals surface area contributed by atoms with Crippen molar-refractivity contribution >= 4 is 17.8 Å². The molecule has 5 atom stereocenters. The Bertz CT molecular complexity index is 1200. The average Bonchev–Trinajstić information content (AvgIpc) is 3.36. The summed E-state index contributed by atoms with van der Waals surface area (Å²) in [6.45, 7) is 5.84. The molecule has 41 heavy (non-hydrogen) atoms. The van der Waals surface area contributed by atoms with Gasteiger partial charge in [0.1, 0.15) is 18.1 Å². The van der Waals surface area contributed by atoms with Crippen molar-refractivity contribution in [2.75, 3.05) is 20.8 Å². The highest BCUT2D eigenvalue weighted by atomic mass is 16.7. The Kier molecular flexibility index (Phi) is 10.3.